The summed E-state index contributed by atoms with van der Waals surface area (Å²) in [5.41, 5.74) is -0.587. The van der Waals surface area contributed by atoms with Gasteiger partial charge in [0.1, 0.15) is 12.4 Å². The van der Waals surface area contributed by atoms with E-state index >= 15 is 0 Å². The number of rotatable bonds is 4. The molecule has 22 heavy (non-hydrogen) atoms. The minimum Gasteiger partial charge on any atom is -0.508 e. The Morgan fingerprint density at radius 3 is 2.86 bits per heavy atom. The zero-order valence-corrected chi connectivity index (χ0v) is 12.1. The number of phenolic OH excluding ortho intramolecular Hbond substituents is 1. The van der Waals surface area contributed by atoms with Crippen LogP contribution in [0.15, 0.2) is 18.2 Å². The molecule has 0 spiro atoms. The minimum atomic E-state index is -0.817. The molecule has 1 aliphatic heterocycles. The van der Waals surface area contributed by atoms with Crippen LogP contribution in [-0.4, -0.2) is 43.3 Å². The smallest absolute Gasteiger partial charge is 0.313 e. The molecule has 0 radical (unpaired) electrons. The van der Waals surface area contributed by atoms with Crippen LogP contribution in [0, 0.1) is 5.41 Å². The predicted octanol–water partition coefficient (Wildman–Crippen LogP) is 0.601. The van der Waals surface area contributed by atoms with Crippen LogP contribution in [0.4, 0.5) is 0 Å². The molecule has 0 bridgehead atoms. The minimum absolute atomic E-state index is 0.0334. The third kappa shape index (κ3) is 2.66. The van der Waals surface area contributed by atoms with Crippen molar-refractivity contribution in [3.8, 4) is 17.2 Å². The lowest BCUT2D eigenvalue weighted by atomic mass is 10.1. The van der Waals surface area contributed by atoms with Crippen molar-refractivity contribution in [2.45, 2.75) is 18.9 Å². The molecule has 7 heteroatoms. The number of hydrogen-bond acceptors (Lipinski definition) is 6. The van der Waals surface area contributed by atoms with Crippen molar-refractivity contribution in [1.29, 1.82) is 0 Å². The summed E-state index contributed by atoms with van der Waals surface area (Å²) in [6.45, 7) is 0.306. The van der Waals surface area contributed by atoms with E-state index in [0.29, 0.717) is 24.3 Å². The van der Waals surface area contributed by atoms with Crippen LogP contribution < -0.4 is 14.8 Å². The van der Waals surface area contributed by atoms with Gasteiger partial charge in [-0.1, -0.05) is 0 Å². The molecular weight excluding hydrogens is 290 g/mol. The first-order valence-corrected chi connectivity index (χ1v) is 7.03. The summed E-state index contributed by atoms with van der Waals surface area (Å²) in [6, 6.07) is 4.46. The van der Waals surface area contributed by atoms with E-state index in [1.165, 1.54) is 19.2 Å². The Kier molecular flexibility index (Phi) is 3.56. The number of hydrogen-bond donors (Lipinski definition) is 2. The molecule has 1 atom stereocenters. The topological polar surface area (TPSA) is 94.1 Å². The highest BCUT2D eigenvalue weighted by Crippen LogP contribution is 2.46. The summed E-state index contributed by atoms with van der Waals surface area (Å²) < 4.78 is 15.7. The van der Waals surface area contributed by atoms with E-state index in [0.717, 1.165) is 0 Å². The van der Waals surface area contributed by atoms with E-state index in [1.54, 1.807) is 6.07 Å². The zero-order chi connectivity index (χ0) is 15.7. The van der Waals surface area contributed by atoms with E-state index in [2.05, 4.69) is 5.32 Å². The van der Waals surface area contributed by atoms with E-state index in [1.807, 2.05) is 0 Å². The van der Waals surface area contributed by atoms with Crippen molar-refractivity contribution in [2.24, 2.45) is 5.41 Å². The highest BCUT2D eigenvalue weighted by atomic mass is 16.6. The predicted molar refractivity (Wildman–Crippen MR) is 74.7 cm³/mol. The Morgan fingerprint density at radius 1 is 1.41 bits per heavy atom. The molecule has 1 fully saturated rings. The number of nitrogens with one attached hydrogen (secondary N) is 1. The molecule has 3 rings (SSSR count). The van der Waals surface area contributed by atoms with E-state index in [9.17, 15) is 14.7 Å². The number of phenols is 1. The van der Waals surface area contributed by atoms with Crippen molar-refractivity contribution in [1.82, 2.24) is 5.32 Å². The molecule has 1 heterocycles. The second kappa shape index (κ2) is 5.40. The van der Waals surface area contributed by atoms with Crippen LogP contribution >= 0.6 is 0 Å². The number of fused-ring (bicyclic) bond motifs is 1. The summed E-state index contributed by atoms with van der Waals surface area (Å²) in [7, 11) is 1.34. The van der Waals surface area contributed by atoms with Crippen molar-refractivity contribution < 1.29 is 28.9 Å². The Bertz CT molecular complexity index is 610. The lowest BCUT2D eigenvalue weighted by molar-refractivity contribution is -0.147. The number of benzene rings is 1. The van der Waals surface area contributed by atoms with E-state index < -0.39 is 11.5 Å². The number of aromatic hydroxyl groups is 1. The van der Waals surface area contributed by atoms with Crippen LogP contribution in [0.25, 0.3) is 0 Å². The highest BCUT2D eigenvalue weighted by Gasteiger charge is 2.51. The van der Waals surface area contributed by atoms with Crippen LogP contribution in [-0.2, 0) is 14.3 Å². The van der Waals surface area contributed by atoms with Crippen LogP contribution in [0.2, 0.25) is 0 Å². The van der Waals surface area contributed by atoms with Crippen molar-refractivity contribution in [3.63, 3.8) is 0 Å². The standard InChI is InChI=1S/C15H17NO6/c1-20-14(19)15(4-5-15)8-16-13(18)12-7-21-10-3-2-9(17)6-11(10)22-12/h2-3,6,12,17H,4-5,7-8H2,1H3,(H,16,18). The van der Waals surface area contributed by atoms with Gasteiger partial charge < -0.3 is 24.6 Å². The molecule has 118 valence electrons. The molecule has 2 N–H and O–H groups in total. The molecule has 1 amide bonds. The summed E-state index contributed by atoms with van der Waals surface area (Å²) in [4.78, 5) is 23.8. The summed E-state index contributed by atoms with van der Waals surface area (Å²) in [5, 5.41) is 12.1. The SMILES string of the molecule is COC(=O)C1(CNC(=O)C2COc3ccc(O)cc3O2)CC1. The third-order valence-electron chi connectivity index (χ3n) is 3.95. The second-order valence-corrected chi connectivity index (χ2v) is 5.54. The highest BCUT2D eigenvalue weighted by molar-refractivity contribution is 5.84. The summed E-state index contributed by atoms with van der Waals surface area (Å²) in [6.07, 6.45) is 0.597. The first kappa shape index (κ1) is 14.5. The number of methoxy groups -OCH3 is 1. The van der Waals surface area contributed by atoms with Gasteiger partial charge in [-0.25, -0.2) is 0 Å². The Labute approximate surface area is 127 Å². The van der Waals surface area contributed by atoms with E-state index in [-0.39, 0.29) is 30.8 Å². The van der Waals surface area contributed by atoms with Gasteiger partial charge in [-0.3, -0.25) is 9.59 Å². The first-order valence-electron chi connectivity index (χ1n) is 7.03. The fourth-order valence-electron chi connectivity index (χ4n) is 2.38. The van der Waals surface area contributed by atoms with Crippen LogP contribution in [0.5, 0.6) is 17.2 Å². The monoisotopic (exact) mass is 307 g/mol. The second-order valence-electron chi connectivity index (χ2n) is 5.54. The maximum Gasteiger partial charge on any atom is 0.313 e. The fourth-order valence-corrected chi connectivity index (χ4v) is 2.38. The Balaban J connectivity index is 1.59. The third-order valence-corrected chi connectivity index (χ3v) is 3.95. The molecule has 1 saturated carbocycles. The largest absolute Gasteiger partial charge is 0.508 e. The molecular formula is C15H17NO6. The first-order chi connectivity index (χ1) is 10.5. The van der Waals surface area contributed by atoms with Gasteiger partial charge in [0.2, 0.25) is 6.10 Å². The lowest BCUT2D eigenvalue weighted by Crippen LogP contribution is -2.46. The van der Waals surface area contributed by atoms with Gasteiger partial charge in [0.15, 0.2) is 11.5 Å². The molecule has 1 aliphatic carbocycles. The van der Waals surface area contributed by atoms with Crippen LogP contribution in [0.1, 0.15) is 12.8 Å². The van der Waals surface area contributed by atoms with E-state index in [4.69, 9.17) is 14.2 Å². The summed E-state index contributed by atoms with van der Waals surface area (Å²) >= 11 is 0. The average Bonchev–Trinajstić information content (AvgIpc) is 3.32. The van der Waals surface area contributed by atoms with Crippen molar-refractivity contribution in [2.75, 3.05) is 20.3 Å². The summed E-state index contributed by atoms with van der Waals surface area (Å²) in [5.74, 6) is 0.176. The molecule has 1 aromatic rings. The maximum absolute atomic E-state index is 12.1. The van der Waals surface area contributed by atoms with Gasteiger partial charge in [-0.2, -0.15) is 0 Å². The van der Waals surface area contributed by atoms with Crippen LogP contribution in [0.3, 0.4) is 0 Å². The van der Waals surface area contributed by atoms with Gasteiger partial charge in [-0.15, -0.1) is 0 Å². The van der Waals surface area contributed by atoms with Gasteiger partial charge in [0.25, 0.3) is 5.91 Å². The quantitative estimate of drug-likeness (QED) is 0.791. The van der Waals surface area contributed by atoms with Crippen molar-refractivity contribution >= 4 is 11.9 Å². The molecule has 0 aromatic heterocycles. The zero-order valence-electron chi connectivity index (χ0n) is 12.1. The molecule has 1 aromatic carbocycles. The van der Waals surface area contributed by atoms with Gasteiger partial charge in [0.05, 0.1) is 12.5 Å². The number of carbonyl (C=O) groups excluding carboxylic acids is 2. The lowest BCUT2D eigenvalue weighted by Gasteiger charge is -2.26. The van der Waals surface area contributed by atoms with Gasteiger partial charge in [-0.05, 0) is 25.0 Å². The Morgan fingerprint density at radius 2 is 2.18 bits per heavy atom. The van der Waals surface area contributed by atoms with Gasteiger partial charge >= 0.3 is 5.97 Å². The number of esters is 1. The molecule has 0 saturated heterocycles. The number of amides is 1. The number of ether oxygens (including phenoxy) is 3. The molecule has 2 aliphatic rings. The van der Waals surface area contributed by atoms with Crippen molar-refractivity contribution in [3.05, 3.63) is 18.2 Å². The average molecular weight is 307 g/mol. The Hall–Kier alpha value is -2.44. The fraction of sp³-hybridized carbons (Fsp3) is 0.467. The molecule has 1 unspecified atom stereocenters. The molecule has 7 nitrogen and oxygen atoms in total. The maximum atomic E-state index is 12.1. The number of carbonyl (C=O) groups is 2. The normalized spacial score (nSPS) is 20.9. The van der Waals surface area contributed by atoms with Gasteiger partial charge in [0, 0.05) is 12.6 Å².